The first kappa shape index (κ1) is 26.8. The summed E-state index contributed by atoms with van der Waals surface area (Å²) in [5.74, 6) is 2.20. The number of phenols is 2. The molecule has 6 N–H and O–H groups in total. The molecule has 1 aliphatic rings. The molecule has 0 aromatic heterocycles. The van der Waals surface area contributed by atoms with E-state index in [0.29, 0.717) is 12.8 Å². The zero-order chi connectivity index (χ0) is 23.3. The van der Waals surface area contributed by atoms with Gasteiger partial charge in [0.25, 0.3) is 0 Å². The van der Waals surface area contributed by atoms with E-state index in [2.05, 4.69) is 10.6 Å². The Labute approximate surface area is 198 Å². The van der Waals surface area contributed by atoms with Crippen LogP contribution in [-0.2, 0) is 4.74 Å². The van der Waals surface area contributed by atoms with Crippen LogP contribution in [-0.4, -0.2) is 82.0 Å². The summed E-state index contributed by atoms with van der Waals surface area (Å²) in [6.07, 6.45) is -0.0457. The molecular weight excluding hydrogens is 448 g/mol. The van der Waals surface area contributed by atoms with Crippen molar-refractivity contribution in [2.24, 2.45) is 5.73 Å². The van der Waals surface area contributed by atoms with Crippen molar-refractivity contribution in [3.8, 4) is 11.5 Å². The second-order valence-electron chi connectivity index (χ2n) is 7.24. The molecule has 9 heteroatoms. The van der Waals surface area contributed by atoms with Crippen molar-refractivity contribution in [1.29, 1.82) is 0 Å². The lowest BCUT2D eigenvalue weighted by Crippen LogP contribution is -2.48. The number of aliphatic hydroxyl groups excluding tert-OH is 2. The first-order chi connectivity index (χ1) is 15.5. The molecule has 0 radical (unpaired) electrons. The fourth-order valence-electron chi connectivity index (χ4n) is 3.36. The lowest BCUT2D eigenvalue weighted by atomic mass is 10.0. The maximum absolute atomic E-state index is 10.2. The highest BCUT2D eigenvalue weighted by Gasteiger charge is 2.31. The molecular formula is C23H34N2O5S2. The van der Waals surface area contributed by atoms with Crippen molar-refractivity contribution >= 4 is 23.5 Å². The maximum Gasteiger partial charge on any atom is 0.115 e. The first-order valence-corrected chi connectivity index (χ1v) is 12.6. The topological polar surface area (TPSA) is 119 Å². The summed E-state index contributed by atoms with van der Waals surface area (Å²) in [6.45, 7) is 1.46. The molecule has 0 bridgehead atoms. The monoisotopic (exact) mass is 482 g/mol. The molecule has 0 aliphatic carbocycles. The second kappa shape index (κ2) is 14.6. The van der Waals surface area contributed by atoms with Crippen LogP contribution in [0, 0.1) is 0 Å². The molecule has 2 aromatic rings. The van der Waals surface area contributed by atoms with Gasteiger partial charge in [-0.05, 0) is 55.6 Å². The molecule has 1 fully saturated rings. The number of aliphatic hydroxyl groups is 2. The lowest BCUT2D eigenvalue weighted by molar-refractivity contribution is -0.166. The molecule has 0 spiro atoms. The molecule has 3 rings (SSSR count). The minimum atomic E-state index is -0.474. The molecule has 1 saturated heterocycles. The summed E-state index contributed by atoms with van der Waals surface area (Å²) in [6, 6.07) is 14.3. The van der Waals surface area contributed by atoms with Gasteiger partial charge in [-0.25, -0.2) is 0 Å². The van der Waals surface area contributed by atoms with E-state index in [1.165, 1.54) is 7.05 Å². The summed E-state index contributed by atoms with van der Waals surface area (Å²) in [7, 11) is 1.50. The molecule has 32 heavy (non-hydrogen) atoms. The van der Waals surface area contributed by atoms with E-state index in [9.17, 15) is 20.4 Å². The molecule has 3 atom stereocenters. The Morgan fingerprint density at radius 3 is 1.78 bits per heavy atom. The van der Waals surface area contributed by atoms with E-state index >= 15 is 0 Å². The van der Waals surface area contributed by atoms with E-state index in [0.717, 1.165) is 34.4 Å². The third-order valence-electron chi connectivity index (χ3n) is 4.94. The van der Waals surface area contributed by atoms with Gasteiger partial charge in [-0.2, -0.15) is 0 Å². The number of phenolic OH excluding ortho intramolecular Hbond substituents is 2. The van der Waals surface area contributed by atoms with E-state index in [1.807, 2.05) is 24.3 Å². The molecule has 0 saturated carbocycles. The number of hydrogen-bond acceptors (Lipinski definition) is 9. The normalized spacial score (nSPS) is 20.6. The third kappa shape index (κ3) is 9.19. The molecule has 2 aromatic carbocycles. The van der Waals surface area contributed by atoms with Crippen LogP contribution in [0.3, 0.4) is 0 Å². The minimum absolute atomic E-state index is 0.0914. The number of nitrogens with zero attached hydrogens (tertiary/aromatic N) is 1. The van der Waals surface area contributed by atoms with Gasteiger partial charge >= 0.3 is 0 Å². The van der Waals surface area contributed by atoms with Crippen molar-refractivity contribution in [3.63, 3.8) is 0 Å². The lowest BCUT2D eigenvalue weighted by Gasteiger charge is -2.39. The Balaban J connectivity index is 0.00000176. The van der Waals surface area contributed by atoms with Crippen LogP contribution < -0.4 is 5.73 Å². The Kier molecular flexibility index (Phi) is 12.3. The van der Waals surface area contributed by atoms with Crippen molar-refractivity contribution in [2.45, 2.75) is 41.1 Å². The SMILES string of the molecule is CN.OCC1CC(O)CC(N(CCSc2ccc(O)cc2)CCSc2ccc(O)cc2)O1. The Morgan fingerprint density at radius 1 is 0.875 bits per heavy atom. The van der Waals surface area contributed by atoms with Gasteiger partial charge < -0.3 is 30.9 Å². The van der Waals surface area contributed by atoms with Crippen LogP contribution in [0.2, 0.25) is 0 Å². The fraction of sp³-hybridized carbons (Fsp3) is 0.478. The van der Waals surface area contributed by atoms with Crippen molar-refractivity contribution < 1.29 is 25.2 Å². The molecule has 3 unspecified atom stereocenters. The van der Waals surface area contributed by atoms with Gasteiger partial charge in [0.2, 0.25) is 0 Å². The smallest absolute Gasteiger partial charge is 0.115 e. The first-order valence-electron chi connectivity index (χ1n) is 10.6. The fourth-order valence-corrected chi connectivity index (χ4v) is 5.14. The molecule has 7 nitrogen and oxygen atoms in total. The third-order valence-corrected chi connectivity index (χ3v) is 6.92. The zero-order valence-corrected chi connectivity index (χ0v) is 20.0. The van der Waals surface area contributed by atoms with Crippen molar-refractivity contribution in [1.82, 2.24) is 4.90 Å². The molecule has 0 amide bonds. The highest BCUT2D eigenvalue weighted by molar-refractivity contribution is 7.99. The highest BCUT2D eigenvalue weighted by Crippen LogP contribution is 2.26. The maximum atomic E-state index is 10.2. The average Bonchev–Trinajstić information content (AvgIpc) is 2.81. The van der Waals surface area contributed by atoms with Crippen LogP contribution >= 0.6 is 23.5 Å². The number of thioether (sulfide) groups is 2. The van der Waals surface area contributed by atoms with Gasteiger partial charge in [0.1, 0.15) is 17.7 Å². The average molecular weight is 483 g/mol. The van der Waals surface area contributed by atoms with Gasteiger partial charge in [0, 0.05) is 47.2 Å². The van der Waals surface area contributed by atoms with Gasteiger partial charge in [-0.15, -0.1) is 23.5 Å². The summed E-state index contributed by atoms with van der Waals surface area (Å²) in [4.78, 5) is 4.40. The second-order valence-corrected chi connectivity index (χ2v) is 9.58. The summed E-state index contributed by atoms with van der Waals surface area (Å²) >= 11 is 3.41. The van der Waals surface area contributed by atoms with Crippen LogP contribution in [0.4, 0.5) is 0 Å². The van der Waals surface area contributed by atoms with Crippen LogP contribution in [0.5, 0.6) is 11.5 Å². The van der Waals surface area contributed by atoms with Crippen LogP contribution in [0.15, 0.2) is 58.3 Å². The van der Waals surface area contributed by atoms with E-state index in [-0.39, 0.29) is 30.4 Å². The van der Waals surface area contributed by atoms with E-state index in [4.69, 9.17) is 4.74 Å². The Bertz CT molecular complexity index is 712. The number of hydrogen-bond donors (Lipinski definition) is 5. The van der Waals surface area contributed by atoms with E-state index in [1.54, 1.807) is 47.8 Å². The predicted molar refractivity (Wildman–Crippen MR) is 130 cm³/mol. The number of ether oxygens (including phenoxy) is 1. The number of nitrogens with two attached hydrogens (primary N) is 1. The quantitative estimate of drug-likeness (QED) is 0.326. The Morgan fingerprint density at radius 2 is 1.34 bits per heavy atom. The summed E-state index contributed by atoms with van der Waals surface area (Å²) in [5, 5.41) is 38.6. The van der Waals surface area contributed by atoms with Crippen molar-refractivity contribution in [2.75, 3.05) is 38.2 Å². The van der Waals surface area contributed by atoms with Gasteiger partial charge in [0.05, 0.1) is 18.8 Å². The van der Waals surface area contributed by atoms with Crippen LogP contribution in [0.1, 0.15) is 12.8 Å². The van der Waals surface area contributed by atoms with Gasteiger partial charge in [0.15, 0.2) is 0 Å². The highest BCUT2D eigenvalue weighted by atomic mass is 32.2. The number of rotatable bonds is 10. The largest absolute Gasteiger partial charge is 0.508 e. The van der Waals surface area contributed by atoms with Crippen molar-refractivity contribution in [3.05, 3.63) is 48.5 Å². The van der Waals surface area contributed by atoms with Crippen LogP contribution in [0.25, 0.3) is 0 Å². The van der Waals surface area contributed by atoms with Gasteiger partial charge in [-0.3, -0.25) is 4.90 Å². The Hall–Kier alpha value is -1.46. The zero-order valence-electron chi connectivity index (χ0n) is 18.3. The molecule has 1 aliphatic heterocycles. The molecule has 178 valence electrons. The minimum Gasteiger partial charge on any atom is -0.508 e. The van der Waals surface area contributed by atoms with Gasteiger partial charge in [-0.1, -0.05) is 0 Å². The number of benzene rings is 2. The summed E-state index contributed by atoms with van der Waals surface area (Å²) < 4.78 is 6.04. The molecule has 1 heterocycles. The standard InChI is InChI=1S/C22H29NO5S2.CH5N/c24-15-19-13-18(27)14-22(28-19)23(9-11-29-20-5-1-16(25)2-6-20)10-12-30-21-7-3-17(26)4-8-21;1-2/h1-8,18-19,22,24-27H,9-15H2;2H2,1H3. The van der Waals surface area contributed by atoms with E-state index < -0.39 is 6.10 Å². The summed E-state index contributed by atoms with van der Waals surface area (Å²) in [5.41, 5.74) is 4.50. The number of aromatic hydroxyl groups is 2. The predicted octanol–water partition coefficient (Wildman–Crippen LogP) is 2.72.